The van der Waals surface area contributed by atoms with Crippen molar-refractivity contribution in [1.82, 2.24) is 15.2 Å². The monoisotopic (exact) mass is 266 g/mol. The van der Waals surface area contributed by atoms with E-state index >= 15 is 0 Å². The van der Waals surface area contributed by atoms with Gasteiger partial charge in [0.15, 0.2) is 0 Å². The van der Waals surface area contributed by atoms with Crippen molar-refractivity contribution in [2.75, 3.05) is 12.3 Å². The third-order valence-corrected chi connectivity index (χ3v) is 2.47. The van der Waals surface area contributed by atoms with Crippen LogP contribution in [0.25, 0.3) is 11.4 Å². The summed E-state index contributed by atoms with van der Waals surface area (Å²) in [5.41, 5.74) is 6.70. The van der Waals surface area contributed by atoms with Crippen LogP contribution < -0.4 is 5.73 Å². The lowest BCUT2D eigenvalue weighted by atomic mass is 10.1. The van der Waals surface area contributed by atoms with E-state index in [2.05, 4.69) is 15.2 Å². The number of carbonyl (C=O) groups excluding carboxylic acids is 1. The standard InChI is InChI=1S/C11H11ClN4O2/c1-2-18-11(17)8-9(15-16-10(8)13)7-4-3-6(12)5-14-7/h3-5H,2H2,1H3,(H3,13,15,16). The Morgan fingerprint density at radius 3 is 2.94 bits per heavy atom. The number of hydrogen-bond donors (Lipinski definition) is 2. The highest BCUT2D eigenvalue weighted by molar-refractivity contribution is 6.30. The lowest BCUT2D eigenvalue weighted by molar-refractivity contribution is 0.0528. The molecule has 0 spiro atoms. The van der Waals surface area contributed by atoms with Crippen molar-refractivity contribution in [2.24, 2.45) is 0 Å². The second-order valence-electron chi connectivity index (χ2n) is 3.44. The molecule has 0 aliphatic carbocycles. The van der Waals surface area contributed by atoms with Crippen LogP contribution in [0.1, 0.15) is 17.3 Å². The average Bonchev–Trinajstić information content (AvgIpc) is 2.72. The summed E-state index contributed by atoms with van der Waals surface area (Å²) < 4.78 is 4.92. The maximum absolute atomic E-state index is 11.8. The fourth-order valence-electron chi connectivity index (χ4n) is 1.47. The van der Waals surface area contributed by atoms with Gasteiger partial charge in [0.25, 0.3) is 0 Å². The molecule has 3 N–H and O–H groups in total. The first-order valence-electron chi connectivity index (χ1n) is 5.26. The van der Waals surface area contributed by atoms with Gasteiger partial charge in [-0.05, 0) is 19.1 Å². The first kappa shape index (κ1) is 12.4. The van der Waals surface area contributed by atoms with Gasteiger partial charge in [-0.1, -0.05) is 11.6 Å². The lowest BCUT2D eigenvalue weighted by Gasteiger charge is -2.03. The molecular weight excluding hydrogens is 256 g/mol. The number of nitrogens with zero attached hydrogens (tertiary/aromatic N) is 2. The number of halogens is 1. The van der Waals surface area contributed by atoms with Gasteiger partial charge in [-0.3, -0.25) is 10.1 Å². The predicted octanol–water partition coefficient (Wildman–Crippen LogP) is 1.88. The van der Waals surface area contributed by atoms with E-state index < -0.39 is 5.97 Å². The third-order valence-electron chi connectivity index (χ3n) is 2.24. The Kier molecular flexibility index (Phi) is 3.47. The van der Waals surface area contributed by atoms with Crippen LogP contribution in [0.5, 0.6) is 0 Å². The number of hydrogen-bond acceptors (Lipinski definition) is 5. The maximum atomic E-state index is 11.8. The molecule has 2 heterocycles. The van der Waals surface area contributed by atoms with Crippen molar-refractivity contribution in [3.05, 3.63) is 28.9 Å². The Morgan fingerprint density at radius 1 is 1.56 bits per heavy atom. The van der Waals surface area contributed by atoms with Crippen LogP contribution >= 0.6 is 11.6 Å². The average molecular weight is 267 g/mol. The number of aromatic amines is 1. The molecule has 0 fully saturated rings. The predicted molar refractivity (Wildman–Crippen MR) is 67.2 cm³/mol. The van der Waals surface area contributed by atoms with Crippen LogP contribution in [-0.2, 0) is 4.74 Å². The van der Waals surface area contributed by atoms with Gasteiger partial charge in [-0.2, -0.15) is 5.10 Å². The number of carbonyl (C=O) groups is 1. The van der Waals surface area contributed by atoms with E-state index in [4.69, 9.17) is 22.1 Å². The number of ether oxygens (including phenoxy) is 1. The SMILES string of the molecule is CCOC(=O)c1c(-c2ccc(Cl)cn2)n[nH]c1N. The third kappa shape index (κ3) is 2.28. The summed E-state index contributed by atoms with van der Waals surface area (Å²) in [6, 6.07) is 3.31. The van der Waals surface area contributed by atoms with Crippen LogP contribution in [0.4, 0.5) is 5.82 Å². The zero-order valence-corrected chi connectivity index (χ0v) is 10.4. The largest absolute Gasteiger partial charge is 0.462 e. The first-order chi connectivity index (χ1) is 8.63. The molecule has 0 aromatic carbocycles. The van der Waals surface area contributed by atoms with Crippen molar-refractivity contribution in [3.8, 4) is 11.4 Å². The van der Waals surface area contributed by atoms with Crippen molar-refractivity contribution in [2.45, 2.75) is 6.92 Å². The smallest absolute Gasteiger partial charge is 0.344 e. The Labute approximate surface area is 108 Å². The molecule has 2 aromatic rings. The van der Waals surface area contributed by atoms with E-state index in [0.29, 0.717) is 16.4 Å². The Bertz CT molecular complexity index is 565. The molecule has 7 heteroatoms. The maximum Gasteiger partial charge on any atom is 0.344 e. The Morgan fingerprint density at radius 2 is 2.33 bits per heavy atom. The minimum Gasteiger partial charge on any atom is -0.462 e. The van der Waals surface area contributed by atoms with E-state index in [1.807, 2.05) is 0 Å². The fourth-order valence-corrected chi connectivity index (χ4v) is 1.58. The minimum atomic E-state index is -0.532. The number of nitrogens with two attached hydrogens (primary N) is 1. The molecule has 94 valence electrons. The number of H-pyrrole nitrogens is 1. The summed E-state index contributed by atoms with van der Waals surface area (Å²) in [4.78, 5) is 15.9. The number of nitrogen functional groups attached to an aromatic ring is 1. The van der Waals surface area contributed by atoms with E-state index in [0.717, 1.165) is 0 Å². The molecule has 6 nitrogen and oxygen atoms in total. The molecule has 0 amide bonds. The molecule has 2 aromatic heterocycles. The number of nitrogens with one attached hydrogen (secondary N) is 1. The molecule has 0 radical (unpaired) electrons. The summed E-state index contributed by atoms with van der Waals surface area (Å²) in [6.07, 6.45) is 1.47. The van der Waals surface area contributed by atoms with E-state index in [1.165, 1.54) is 6.20 Å². The number of esters is 1. The van der Waals surface area contributed by atoms with Crippen LogP contribution in [0.15, 0.2) is 18.3 Å². The van der Waals surface area contributed by atoms with Crippen LogP contribution in [-0.4, -0.2) is 27.8 Å². The number of aromatic nitrogens is 3. The molecule has 0 saturated heterocycles. The van der Waals surface area contributed by atoms with Crippen LogP contribution in [0.2, 0.25) is 5.02 Å². The molecule has 0 unspecified atom stereocenters. The van der Waals surface area contributed by atoms with Crippen molar-refractivity contribution < 1.29 is 9.53 Å². The van der Waals surface area contributed by atoms with Crippen LogP contribution in [0.3, 0.4) is 0 Å². The van der Waals surface area contributed by atoms with E-state index in [9.17, 15) is 4.79 Å². The molecule has 0 aliphatic heterocycles. The highest BCUT2D eigenvalue weighted by Crippen LogP contribution is 2.25. The second-order valence-corrected chi connectivity index (χ2v) is 3.88. The van der Waals surface area contributed by atoms with Gasteiger partial charge >= 0.3 is 5.97 Å². The van der Waals surface area contributed by atoms with Crippen molar-refractivity contribution in [1.29, 1.82) is 0 Å². The lowest BCUT2D eigenvalue weighted by Crippen LogP contribution is -2.08. The van der Waals surface area contributed by atoms with E-state index in [1.54, 1.807) is 19.1 Å². The molecule has 0 bridgehead atoms. The highest BCUT2D eigenvalue weighted by atomic mass is 35.5. The number of anilines is 1. The Hall–Kier alpha value is -2.08. The second kappa shape index (κ2) is 5.05. The number of pyridine rings is 1. The van der Waals surface area contributed by atoms with Gasteiger partial charge in [0.1, 0.15) is 17.1 Å². The van der Waals surface area contributed by atoms with Gasteiger partial charge in [0, 0.05) is 6.20 Å². The zero-order chi connectivity index (χ0) is 13.1. The van der Waals surface area contributed by atoms with Gasteiger partial charge in [-0.25, -0.2) is 4.79 Å². The highest BCUT2D eigenvalue weighted by Gasteiger charge is 2.21. The summed E-state index contributed by atoms with van der Waals surface area (Å²) in [7, 11) is 0. The molecule has 0 aliphatic rings. The summed E-state index contributed by atoms with van der Waals surface area (Å²) >= 11 is 5.75. The summed E-state index contributed by atoms with van der Waals surface area (Å²) in [5, 5.41) is 7.01. The van der Waals surface area contributed by atoms with E-state index in [-0.39, 0.29) is 18.0 Å². The van der Waals surface area contributed by atoms with Crippen molar-refractivity contribution >= 4 is 23.4 Å². The molecule has 0 saturated carbocycles. The van der Waals surface area contributed by atoms with Gasteiger partial charge in [0.2, 0.25) is 0 Å². The van der Waals surface area contributed by atoms with Gasteiger partial charge in [0.05, 0.1) is 17.3 Å². The molecular formula is C11H11ClN4O2. The molecule has 2 rings (SSSR count). The van der Waals surface area contributed by atoms with Crippen LogP contribution in [0, 0.1) is 0 Å². The first-order valence-corrected chi connectivity index (χ1v) is 5.64. The van der Waals surface area contributed by atoms with Gasteiger partial charge in [-0.15, -0.1) is 0 Å². The summed E-state index contributed by atoms with van der Waals surface area (Å²) in [6.45, 7) is 1.98. The molecule has 0 atom stereocenters. The molecule has 18 heavy (non-hydrogen) atoms. The topological polar surface area (TPSA) is 93.9 Å². The number of rotatable bonds is 3. The quantitative estimate of drug-likeness (QED) is 0.827. The minimum absolute atomic E-state index is 0.153. The Balaban J connectivity index is 2.45. The fraction of sp³-hybridized carbons (Fsp3) is 0.182. The normalized spacial score (nSPS) is 10.3. The van der Waals surface area contributed by atoms with Crippen molar-refractivity contribution in [3.63, 3.8) is 0 Å². The summed E-state index contributed by atoms with van der Waals surface area (Å²) in [5.74, 6) is -0.379. The van der Waals surface area contributed by atoms with Gasteiger partial charge < -0.3 is 10.5 Å². The zero-order valence-electron chi connectivity index (χ0n) is 9.61.